The van der Waals surface area contributed by atoms with Crippen molar-refractivity contribution < 1.29 is 4.74 Å². The second-order valence-electron chi connectivity index (χ2n) is 6.37. The lowest BCUT2D eigenvalue weighted by atomic mass is 9.97. The standard InChI is InChI=1S/C16H23N5OS2/c1-2-13(22-7-1)9-21-15(12-3-5-17-6-4-12)19-20-16(21)23-10-14-8-18-11-24-14/h8,11-13,17H,1-7,9-10H2. The van der Waals surface area contributed by atoms with Gasteiger partial charge < -0.3 is 14.6 Å². The third-order valence-electron chi connectivity index (χ3n) is 4.69. The molecule has 0 radical (unpaired) electrons. The van der Waals surface area contributed by atoms with Gasteiger partial charge in [0.1, 0.15) is 5.82 Å². The predicted octanol–water partition coefficient (Wildman–Crippen LogP) is 2.67. The third-order valence-corrected chi connectivity index (χ3v) is 6.66. The molecule has 0 saturated carbocycles. The van der Waals surface area contributed by atoms with Crippen molar-refractivity contribution in [3.63, 3.8) is 0 Å². The van der Waals surface area contributed by atoms with Crippen molar-refractivity contribution in [2.24, 2.45) is 0 Å². The first-order chi connectivity index (χ1) is 11.9. The van der Waals surface area contributed by atoms with Crippen molar-refractivity contribution in [1.82, 2.24) is 25.1 Å². The smallest absolute Gasteiger partial charge is 0.191 e. The van der Waals surface area contributed by atoms with Crippen LogP contribution in [-0.4, -0.2) is 45.5 Å². The number of thioether (sulfide) groups is 1. The van der Waals surface area contributed by atoms with Gasteiger partial charge in [0, 0.05) is 29.4 Å². The molecule has 2 aromatic heterocycles. The minimum absolute atomic E-state index is 0.309. The van der Waals surface area contributed by atoms with E-state index in [1.54, 1.807) is 23.1 Å². The first-order valence-corrected chi connectivity index (χ1v) is 10.5. The monoisotopic (exact) mass is 365 g/mol. The van der Waals surface area contributed by atoms with Crippen LogP contribution in [0.1, 0.15) is 42.3 Å². The van der Waals surface area contributed by atoms with Gasteiger partial charge in [-0.3, -0.25) is 4.98 Å². The molecule has 130 valence electrons. The Hall–Kier alpha value is -0.960. The summed E-state index contributed by atoms with van der Waals surface area (Å²) in [6.45, 7) is 3.91. The Morgan fingerprint density at radius 3 is 2.96 bits per heavy atom. The van der Waals surface area contributed by atoms with Crippen molar-refractivity contribution in [3.8, 4) is 0 Å². The molecule has 0 bridgehead atoms. The van der Waals surface area contributed by atoms with Crippen LogP contribution in [0.2, 0.25) is 0 Å². The maximum atomic E-state index is 5.87. The van der Waals surface area contributed by atoms with Crippen LogP contribution >= 0.6 is 23.1 Å². The fourth-order valence-electron chi connectivity index (χ4n) is 3.40. The summed E-state index contributed by atoms with van der Waals surface area (Å²) in [5.41, 5.74) is 1.88. The molecular weight excluding hydrogens is 342 g/mol. The highest BCUT2D eigenvalue weighted by molar-refractivity contribution is 7.98. The van der Waals surface area contributed by atoms with Crippen LogP contribution in [0.15, 0.2) is 16.9 Å². The van der Waals surface area contributed by atoms with E-state index in [4.69, 9.17) is 4.74 Å². The zero-order valence-corrected chi connectivity index (χ0v) is 15.3. The molecule has 0 aromatic carbocycles. The summed E-state index contributed by atoms with van der Waals surface area (Å²) >= 11 is 3.46. The Balaban J connectivity index is 1.53. The van der Waals surface area contributed by atoms with Gasteiger partial charge >= 0.3 is 0 Å². The summed E-state index contributed by atoms with van der Waals surface area (Å²) in [5, 5.41) is 13.6. The molecule has 2 aromatic rings. The molecule has 1 atom stereocenters. The Bertz CT molecular complexity index is 633. The summed E-state index contributed by atoms with van der Waals surface area (Å²) < 4.78 is 8.20. The number of nitrogens with one attached hydrogen (secondary N) is 1. The molecule has 2 aliphatic rings. The minimum Gasteiger partial charge on any atom is -0.376 e. The largest absolute Gasteiger partial charge is 0.376 e. The lowest BCUT2D eigenvalue weighted by Crippen LogP contribution is -2.29. The van der Waals surface area contributed by atoms with E-state index in [2.05, 4.69) is 25.1 Å². The van der Waals surface area contributed by atoms with Crippen LogP contribution in [-0.2, 0) is 17.0 Å². The second-order valence-corrected chi connectivity index (χ2v) is 8.28. The Morgan fingerprint density at radius 2 is 2.21 bits per heavy atom. The van der Waals surface area contributed by atoms with E-state index in [0.29, 0.717) is 12.0 Å². The maximum absolute atomic E-state index is 5.87. The van der Waals surface area contributed by atoms with Gasteiger partial charge in [-0.05, 0) is 38.8 Å². The van der Waals surface area contributed by atoms with Crippen LogP contribution in [0.25, 0.3) is 0 Å². The molecular formula is C16H23N5OS2. The minimum atomic E-state index is 0.309. The van der Waals surface area contributed by atoms with Gasteiger partial charge in [0.2, 0.25) is 0 Å². The molecule has 0 amide bonds. The highest BCUT2D eigenvalue weighted by atomic mass is 32.2. The SMILES string of the molecule is c1ncc(CSc2nnc(C3CCNCC3)n2CC2CCCO2)s1. The fourth-order valence-corrected chi connectivity index (χ4v) is 5.00. The van der Waals surface area contributed by atoms with Gasteiger partial charge in [0.15, 0.2) is 5.16 Å². The van der Waals surface area contributed by atoms with Crippen LogP contribution in [0, 0.1) is 0 Å². The Labute approximate surface area is 150 Å². The highest BCUT2D eigenvalue weighted by Gasteiger charge is 2.26. The van der Waals surface area contributed by atoms with E-state index in [1.807, 2.05) is 11.7 Å². The summed E-state index contributed by atoms with van der Waals surface area (Å²) in [5.74, 6) is 2.57. The van der Waals surface area contributed by atoms with Crippen LogP contribution in [0.3, 0.4) is 0 Å². The molecule has 4 heterocycles. The Morgan fingerprint density at radius 1 is 1.29 bits per heavy atom. The normalized spacial score (nSPS) is 22.2. The summed E-state index contributed by atoms with van der Waals surface area (Å²) in [6.07, 6.45) is 6.84. The lowest BCUT2D eigenvalue weighted by Gasteiger charge is -2.23. The Kier molecular flexibility index (Phi) is 5.46. The van der Waals surface area contributed by atoms with E-state index in [-0.39, 0.29) is 0 Å². The van der Waals surface area contributed by atoms with Gasteiger partial charge in [0.25, 0.3) is 0 Å². The quantitative estimate of drug-likeness (QED) is 0.794. The van der Waals surface area contributed by atoms with E-state index >= 15 is 0 Å². The van der Waals surface area contributed by atoms with Crippen molar-refractivity contribution in [3.05, 3.63) is 22.4 Å². The van der Waals surface area contributed by atoms with Gasteiger partial charge in [-0.2, -0.15) is 0 Å². The van der Waals surface area contributed by atoms with E-state index < -0.39 is 0 Å². The van der Waals surface area contributed by atoms with Gasteiger partial charge in [-0.25, -0.2) is 0 Å². The second kappa shape index (κ2) is 7.95. The molecule has 6 nitrogen and oxygen atoms in total. The van der Waals surface area contributed by atoms with Gasteiger partial charge in [-0.1, -0.05) is 11.8 Å². The van der Waals surface area contributed by atoms with E-state index in [1.165, 1.54) is 11.3 Å². The summed E-state index contributed by atoms with van der Waals surface area (Å²) in [7, 11) is 0. The highest BCUT2D eigenvalue weighted by Crippen LogP contribution is 2.30. The van der Waals surface area contributed by atoms with Crippen molar-refractivity contribution in [1.29, 1.82) is 0 Å². The average molecular weight is 366 g/mol. The number of piperidine rings is 1. The van der Waals surface area contributed by atoms with Crippen LogP contribution < -0.4 is 5.32 Å². The number of thiazole rings is 1. The van der Waals surface area contributed by atoms with Crippen LogP contribution in [0.5, 0.6) is 0 Å². The summed E-state index contributed by atoms with van der Waals surface area (Å²) in [4.78, 5) is 5.43. The molecule has 1 N–H and O–H groups in total. The number of rotatable bonds is 6. The number of hydrogen-bond acceptors (Lipinski definition) is 7. The maximum Gasteiger partial charge on any atom is 0.191 e. The first kappa shape index (κ1) is 16.5. The van der Waals surface area contributed by atoms with Crippen LogP contribution in [0.4, 0.5) is 0 Å². The van der Waals surface area contributed by atoms with Crippen molar-refractivity contribution in [2.75, 3.05) is 19.7 Å². The molecule has 2 fully saturated rings. The van der Waals surface area contributed by atoms with Gasteiger partial charge in [0.05, 0.1) is 18.2 Å². The molecule has 8 heteroatoms. The van der Waals surface area contributed by atoms with E-state index in [0.717, 1.165) is 62.2 Å². The number of hydrogen-bond donors (Lipinski definition) is 1. The molecule has 2 aliphatic heterocycles. The zero-order valence-electron chi connectivity index (χ0n) is 13.7. The topological polar surface area (TPSA) is 64.9 Å². The molecule has 24 heavy (non-hydrogen) atoms. The molecule has 1 unspecified atom stereocenters. The molecule has 4 rings (SSSR count). The fraction of sp³-hybridized carbons (Fsp3) is 0.688. The third kappa shape index (κ3) is 3.82. The lowest BCUT2D eigenvalue weighted by molar-refractivity contribution is 0.0936. The number of ether oxygens (including phenoxy) is 1. The van der Waals surface area contributed by atoms with Crippen molar-refractivity contribution >= 4 is 23.1 Å². The number of nitrogens with zero attached hydrogens (tertiary/aromatic N) is 4. The molecule has 2 saturated heterocycles. The molecule has 0 aliphatic carbocycles. The van der Waals surface area contributed by atoms with E-state index in [9.17, 15) is 0 Å². The summed E-state index contributed by atoms with van der Waals surface area (Å²) in [6, 6.07) is 0. The average Bonchev–Trinajstić information content (AvgIpc) is 3.37. The predicted molar refractivity (Wildman–Crippen MR) is 95.5 cm³/mol. The zero-order chi connectivity index (χ0) is 16.2. The van der Waals surface area contributed by atoms with Crippen molar-refractivity contribution in [2.45, 2.75) is 55.2 Å². The van der Waals surface area contributed by atoms with Gasteiger partial charge in [-0.15, -0.1) is 21.5 Å². The first-order valence-electron chi connectivity index (χ1n) is 8.66. The number of aromatic nitrogens is 4. The molecule has 0 spiro atoms.